The van der Waals surface area contributed by atoms with Crippen LogP contribution in [-0.4, -0.2) is 53.6 Å². The number of nitrogens with zero attached hydrogens (tertiary/aromatic N) is 2. The number of carbonyl (C=O) groups excluding carboxylic acids is 1. The molecule has 6 heteroatoms. The maximum absolute atomic E-state index is 11.7. The third-order valence-electron chi connectivity index (χ3n) is 3.86. The largest absolute Gasteiger partial charge is 0.389 e. The summed E-state index contributed by atoms with van der Waals surface area (Å²) in [6.07, 6.45) is -2.60. The highest BCUT2D eigenvalue weighted by Gasteiger charge is 2.35. The molecule has 0 radical (unpaired) electrons. The molecule has 0 spiro atoms. The first-order valence-electron chi connectivity index (χ1n) is 6.19. The minimum absolute atomic E-state index is 0.339. The van der Waals surface area contributed by atoms with E-state index in [1.54, 1.807) is 25.2 Å². The van der Waals surface area contributed by atoms with Gasteiger partial charge in [-0.2, -0.15) is 0 Å². The Hall–Kier alpha value is -1.63. The Labute approximate surface area is 110 Å². The summed E-state index contributed by atoms with van der Waals surface area (Å²) in [5.41, 5.74) is 2.09. The third-order valence-corrected chi connectivity index (χ3v) is 3.86. The van der Waals surface area contributed by atoms with E-state index in [1.165, 1.54) is 4.90 Å². The summed E-state index contributed by atoms with van der Waals surface area (Å²) in [4.78, 5) is 15.0. The summed E-state index contributed by atoms with van der Waals surface area (Å²) in [5, 5.41) is 28.9. The van der Waals surface area contributed by atoms with Crippen LogP contribution in [0.4, 0.5) is 11.4 Å². The molecule has 0 aliphatic carbocycles. The average molecular weight is 264 g/mol. The number of amides is 1. The average Bonchev–Trinajstić information content (AvgIpc) is 2.84. The monoisotopic (exact) mass is 264 g/mol. The quantitative estimate of drug-likeness (QED) is 0.621. The fraction of sp³-hybridized carbons (Fsp3) is 0.462. The normalized spacial score (nSPS) is 30.1. The molecule has 102 valence electrons. The van der Waals surface area contributed by atoms with Crippen molar-refractivity contribution in [3.8, 4) is 0 Å². The lowest BCUT2D eigenvalue weighted by Crippen LogP contribution is -2.24. The van der Waals surface area contributed by atoms with Crippen LogP contribution in [0.2, 0.25) is 0 Å². The number of rotatable bonds is 1. The molecule has 3 N–H and O–H groups in total. The zero-order chi connectivity index (χ0) is 13.7. The molecule has 1 aromatic rings. The van der Waals surface area contributed by atoms with Crippen molar-refractivity contribution in [1.82, 2.24) is 0 Å². The van der Waals surface area contributed by atoms with Crippen LogP contribution in [0.5, 0.6) is 0 Å². The molecule has 2 heterocycles. The summed E-state index contributed by atoms with van der Waals surface area (Å²) >= 11 is 0. The highest BCUT2D eigenvalue weighted by Crippen LogP contribution is 2.37. The fourth-order valence-corrected chi connectivity index (χ4v) is 2.67. The van der Waals surface area contributed by atoms with Crippen molar-refractivity contribution in [2.75, 3.05) is 29.9 Å². The van der Waals surface area contributed by atoms with Crippen molar-refractivity contribution in [3.05, 3.63) is 23.8 Å². The molecule has 1 saturated heterocycles. The predicted molar refractivity (Wildman–Crippen MR) is 69.0 cm³/mol. The highest BCUT2D eigenvalue weighted by atomic mass is 16.3. The van der Waals surface area contributed by atoms with Gasteiger partial charge < -0.3 is 25.1 Å². The Balaban J connectivity index is 1.93. The first kappa shape index (κ1) is 12.4. The predicted octanol–water partition coefficient (Wildman–Crippen LogP) is -0.762. The van der Waals surface area contributed by atoms with Crippen molar-refractivity contribution in [2.45, 2.75) is 18.3 Å². The molecule has 6 nitrogen and oxygen atoms in total. The fourth-order valence-electron chi connectivity index (χ4n) is 2.67. The van der Waals surface area contributed by atoms with E-state index in [0.29, 0.717) is 24.3 Å². The van der Waals surface area contributed by atoms with Gasteiger partial charge in [-0.15, -0.1) is 0 Å². The van der Waals surface area contributed by atoms with E-state index < -0.39 is 18.3 Å². The van der Waals surface area contributed by atoms with E-state index >= 15 is 0 Å². The molecule has 3 rings (SSSR count). The number of fused-ring (bicyclic) bond motifs is 1. The molecule has 2 aliphatic rings. The van der Waals surface area contributed by atoms with Crippen molar-refractivity contribution in [3.63, 3.8) is 0 Å². The van der Waals surface area contributed by atoms with Gasteiger partial charge in [-0.25, -0.2) is 0 Å². The summed E-state index contributed by atoms with van der Waals surface area (Å²) in [6.45, 7) is 0.723. The Kier molecular flexibility index (Phi) is 2.74. The number of anilines is 2. The lowest BCUT2D eigenvalue weighted by atomic mass is 10.1. The lowest BCUT2D eigenvalue weighted by molar-refractivity contribution is -0.125. The van der Waals surface area contributed by atoms with Crippen molar-refractivity contribution >= 4 is 17.3 Å². The van der Waals surface area contributed by atoms with Gasteiger partial charge in [0.25, 0.3) is 5.91 Å². The molecule has 2 aliphatic heterocycles. The van der Waals surface area contributed by atoms with Crippen molar-refractivity contribution in [1.29, 1.82) is 0 Å². The van der Waals surface area contributed by atoms with E-state index in [2.05, 4.69) is 0 Å². The summed E-state index contributed by atoms with van der Waals surface area (Å²) in [5.74, 6) is -0.339. The molecule has 0 bridgehead atoms. The number of benzene rings is 1. The number of aliphatic hydroxyl groups excluding tert-OH is 3. The molecule has 1 fully saturated rings. The molecule has 3 atom stereocenters. The summed E-state index contributed by atoms with van der Waals surface area (Å²) < 4.78 is 0. The second kappa shape index (κ2) is 4.19. The molecular formula is C13H16N2O4. The van der Waals surface area contributed by atoms with Crippen molar-refractivity contribution < 1.29 is 20.1 Å². The van der Waals surface area contributed by atoms with E-state index in [4.69, 9.17) is 0 Å². The van der Waals surface area contributed by atoms with Gasteiger partial charge in [-0.1, -0.05) is 6.07 Å². The number of likely N-dealkylation sites (N-methyl/N-ethyl adjacent to an activating group) is 1. The van der Waals surface area contributed by atoms with E-state index in [1.807, 2.05) is 4.90 Å². The summed E-state index contributed by atoms with van der Waals surface area (Å²) in [6, 6.07) is 5.31. The molecule has 1 amide bonds. The molecule has 1 aromatic carbocycles. The lowest BCUT2D eigenvalue weighted by Gasteiger charge is -2.19. The second-order valence-corrected chi connectivity index (χ2v) is 5.08. The number of β-amino-alcohol motifs (C(OH)–C–C–N with tert-alkyl or cyclic N) is 2. The molecule has 0 saturated carbocycles. The number of hydrogen-bond acceptors (Lipinski definition) is 5. The zero-order valence-electron chi connectivity index (χ0n) is 10.5. The minimum Gasteiger partial charge on any atom is -0.389 e. The number of carbonyl (C=O) groups is 1. The van der Waals surface area contributed by atoms with Crippen LogP contribution in [0.15, 0.2) is 18.2 Å². The van der Waals surface area contributed by atoms with Crippen LogP contribution in [0.3, 0.4) is 0 Å². The minimum atomic E-state index is -1.09. The zero-order valence-corrected chi connectivity index (χ0v) is 10.5. The van der Waals surface area contributed by atoms with Gasteiger partial charge in [-0.3, -0.25) is 4.79 Å². The number of hydrogen-bond donors (Lipinski definition) is 3. The second-order valence-electron chi connectivity index (χ2n) is 5.08. The molecular weight excluding hydrogens is 248 g/mol. The van der Waals surface area contributed by atoms with Gasteiger partial charge in [0, 0.05) is 31.4 Å². The van der Waals surface area contributed by atoms with Crippen LogP contribution in [0, 0.1) is 0 Å². The Morgan fingerprint density at radius 2 is 1.79 bits per heavy atom. The van der Waals surface area contributed by atoms with E-state index in [-0.39, 0.29) is 5.91 Å². The van der Waals surface area contributed by atoms with E-state index in [9.17, 15) is 20.1 Å². The van der Waals surface area contributed by atoms with Crippen LogP contribution < -0.4 is 9.80 Å². The van der Waals surface area contributed by atoms with Gasteiger partial charge >= 0.3 is 0 Å². The first-order valence-corrected chi connectivity index (χ1v) is 6.19. The maximum Gasteiger partial charge on any atom is 0.260 e. The first-order chi connectivity index (χ1) is 8.99. The van der Waals surface area contributed by atoms with Gasteiger partial charge in [0.1, 0.15) is 0 Å². The standard InChI is InChI=1S/C13H16N2O4/c1-14-9-4-7(15-5-10(16)11(17)6-15)2-3-8(9)12(18)13(14)19/h2-4,10-12,16-18H,5-6H2,1H3. The third kappa shape index (κ3) is 1.80. The summed E-state index contributed by atoms with van der Waals surface area (Å²) in [7, 11) is 1.62. The van der Waals surface area contributed by atoms with Crippen LogP contribution in [0.25, 0.3) is 0 Å². The smallest absolute Gasteiger partial charge is 0.260 e. The van der Waals surface area contributed by atoms with Crippen LogP contribution in [0.1, 0.15) is 11.7 Å². The maximum atomic E-state index is 11.7. The van der Waals surface area contributed by atoms with Gasteiger partial charge in [-0.05, 0) is 12.1 Å². The van der Waals surface area contributed by atoms with Gasteiger partial charge in [0.15, 0.2) is 6.10 Å². The molecule has 19 heavy (non-hydrogen) atoms. The van der Waals surface area contributed by atoms with Crippen molar-refractivity contribution in [2.24, 2.45) is 0 Å². The Bertz CT molecular complexity index is 523. The van der Waals surface area contributed by atoms with Gasteiger partial charge in [0.2, 0.25) is 0 Å². The van der Waals surface area contributed by atoms with Gasteiger partial charge in [0.05, 0.1) is 17.9 Å². The van der Waals surface area contributed by atoms with Crippen LogP contribution >= 0.6 is 0 Å². The Morgan fingerprint density at radius 1 is 1.16 bits per heavy atom. The van der Waals surface area contributed by atoms with E-state index in [0.717, 1.165) is 5.69 Å². The molecule has 0 aromatic heterocycles. The SMILES string of the molecule is CN1C(=O)C(O)c2ccc(N3CC(O)C(O)C3)cc21. The molecule has 3 unspecified atom stereocenters. The highest BCUT2D eigenvalue weighted by molar-refractivity contribution is 6.03. The number of aliphatic hydroxyl groups is 3. The van der Waals surface area contributed by atoms with Crippen LogP contribution in [-0.2, 0) is 4.79 Å². The Morgan fingerprint density at radius 3 is 2.42 bits per heavy atom. The topological polar surface area (TPSA) is 84.2 Å².